The molecule has 8 nitrogen and oxygen atoms in total. The maximum atomic E-state index is 13.9. The molecule has 39 heavy (non-hydrogen) atoms. The van der Waals surface area contributed by atoms with Crippen molar-refractivity contribution in [2.24, 2.45) is 0 Å². The van der Waals surface area contributed by atoms with Gasteiger partial charge in [-0.05, 0) is 71.4 Å². The Labute approximate surface area is 236 Å². The Morgan fingerprint density at radius 3 is 2.64 bits per heavy atom. The Morgan fingerprint density at radius 1 is 1.15 bits per heavy atom. The van der Waals surface area contributed by atoms with Gasteiger partial charge in [0.1, 0.15) is 12.4 Å². The topological polar surface area (TPSA) is 103 Å². The third-order valence-corrected chi connectivity index (χ3v) is 8.26. The number of hydrogen-bond donors (Lipinski definition) is 2. The molecular formula is C30H32BrNO7. The van der Waals surface area contributed by atoms with E-state index in [2.05, 4.69) is 21.2 Å². The van der Waals surface area contributed by atoms with Crippen molar-refractivity contribution in [1.29, 1.82) is 0 Å². The fourth-order valence-electron chi connectivity index (χ4n) is 5.80. The molecule has 0 spiro atoms. The summed E-state index contributed by atoms with van der Waals surface area (Å²) in [7, 11) is 3.08. The second-order valence-corrected chi connectivity index (χ2v) is 10.9. The number of carbonyl (C=O) groups excluding carboxylic acids is 2. The number of ether oxygens (including phenoxy) is 4. The van der Waals surface area contributed by atoms with Gasteiger partial charge in [-0.3, -0.25) is 4.79 Å². The first-order chi connectivity index (χ1) is 18.8. The molecule has 0 bridgehead atoms. The molecule has 3 aliphatic rings. The van der Waals surface area contributed by atoms with Crippen molar-refractivity contribution in [2.45, 2.75) is 50.5 Å². The summed E-state index contributed by atoms with van der Waals surface area (Å²) in [5, 5.41) is 13.8. The number of dihydropyridines is 1. The van der Waals surface area contributed by atoms with Crippen LogP contribution in [-0.4, -0.2) is 50.4 Å². The van der Waals surface area contributed by atoms with Crippen molar-refractivity contribution in [1.82, 2.24) is 5.32 Å². The van der Waals surface area contributed by atoms with Crippen LogP contribution < -0.4 is 14.8 Å². The quantitative estimate of drug-likeness (QED) is 0.417. The predicted molar refractivity (Wildman–Crippen MR) is 148 cm³/mol. The Balaban J connectivity index is 1.57. The Hall–Kier alpha value is -3.30. The highest BCUT2D eigenvalue weighted by Gasteiger charge is 2.42. The molecular weight excluding hydrogens is 566 g/mol. The monoisotopic (exact) mass is 597 g/mol. The van der Waals surface area contributed by atoms with Gasteiger partial charge in [0.15, 0.2) is 17.3 Å². The SMILES string of the molecule is COc1ccccc1[C@H]1CC(=O)C2=C(C1)NC(C)=C(C(=O)OC[C@@H]1CCCO1)[C@H]2c1cc(Br)c(O)c(OC)c1. The van der Waals surface area contributed by atoms with Crippen molar-refractivity contribution < 1.29 is 33.6 Å². The van der Waals surface area contributed by atoms with E-state index < -0.39 is 11.9 Å². The minimum absolute atomic E-state index is 0.0567. The molecule has 1 aliphatic carbocycles. The number of Topliss-reactive ketones (excluding diaryl/α,β-unsaturated/α-hetero) is 1. The third kappa shape index (κ3) is 5.30. The number of ketones is 1. The van der Waals surface area contributed by atoms with E-state index in [-0.39, 0.29) is 42.3 Å². The maximum Gasteiger partial charge on any atom is 0.336 e. The van der Waals surface area contributed by atoms with Crippen molar-refractivity contribution in [3.8, 4) is 17.2 Å². The fraction of sp³-hybridized carbons (Fsp3) is 0.400. The van der Waals surface area contributed by atoms with Gasteiger partial charge in [0.25, 0.3) is 0 Å². The number of rotatable bonds is 7. The molecule has 2 N–H and O–H groups in total. The minimum Gasteiger partial charge on any atom is -0.503 e. The van der Waals surface area contributed by atoms with Crippen LogP contribution in [0.1, 0.15) is 55.6 Å². The van der Waals surface area contributed by atoms with Crippen LogP contribution in [-0.2, 0) is 19.1 Å². The van der Waals surface area contributed by atoms with E-state index in [9.17, 15) is 14.7 Å². The molecule has 0 amide bonds. The van der Waals surface area contributed by atoms with Crippen LogP contribution in [0.15, 0.2) is 63.4 Å². The number of halogens is 1. The molecule has 3 atom stereocenters. The van der Waals surface area contributed by atoms with E-state index in [0.717, 1.165) is 29.9 Å². The lowest BCUT2D eigenvalue weighted by atomic mass is 9.71. The van der Waals surface area contributed by atoms with Crippen LogP contribution >= 0.6 is 15.9 Å². The smallest absolute Gasteiger partial charge is 0.336 e. The van der Waals surface area contributed by atoms with Gasteiger partial charge >= 0.3 is 5.97 Å². The van der Waals surface area contributed by atoms with E-state index in [1.54, 1.807) is 19.2 Å². The molecule has 0 aromatic heterocycles. The van der Waals surface area contributed by atoms with Crippen LogP contribution in [0.5, 0.6) is 17.2 Å². The number of hydrogen-bond acceptors (Lipinski definition) is 8. The molecule has 2 aliphatic heterocycles. The highest BCUT2D eigenvalue weighted by Crippen LogP contribution is 2.49. The molecule has 9 heteroatoms. The fourth-order valence-corrected chi connectivity index (χ4v) is 6.26. The van der Waals surface area contributed by atoms with Crippen molar-refractivity contribution in [2.75, 3.05) is 27.4 Å². The lowest BCUT2D eigenvalue weighted by molar-refractivity contribution is -0.142. The normalized spacial score (nSPS) is 22.9. The average molecular weight is 598 g/mol. The zero-order valence-electron chi connectivity index (χ0n) is 22.2. The highest BCUT2D eigenvalue weighted by molar-refractivity contribution is 9.10. The number of para-hydroxylation sites is 1. The number of aromatic hydroxyl groups is 1. The van der Waals surface area contributed by atoms with Crippen LogP contribution in [0.3, 0.4) is 0 Å². The molecule has 1 saturated heterocycles. The number of phenols is 1. The van der Waals surface area contributed by atoms with E-state index in [1.165, 1.54) is 7.11 Å². The second-order valence-electron chi connectivity index (χ2n) is 10.0. The van der Waals surface area contributed by atoms with Gasteiger partial charge in [-0.2, -0.15) is 0 Å². The number of nitrogens with one attached hydrogen (secondary N) is 1. The molecule has 2 aromatic carbocycles. The standard InChI is InChI=1S/C30H32BrNO7/c1-16-26(30(35)39-15-19-7-6-10-38-19)27(18-11-21(31)29(34)25(14-18)37-3)28-22(32-16)12-17(13-23(28)33)20-8-4-5-9-24(20)36-2/h4-5,8-9,11,14,17,19,27,32,34H,6-7,10,12-13,15H2,1-3H3/t17-,19+,27-/m1/s1. The summed E-state index contributed by atoms with van der Waals surface area (Å²) in [6.07, 6.45) is 2.50. The summed E-state index contributed by atoms with van der Waals surface area (Å²) < 4.78 is 22.7. The Morgan fingerprint density at radius 2 is 1.92 bits per heavy atom. The summed E-state index contributed by atoms with van der Waals surface area (Å²) in [4.78, 5) is 27.5. The first-order valence-electron chi connectivity index (χ1n) is 13.0. The maximum absolute atomic E-state index is 13.9. The zero-order chi connectivity index (χ0) is 27.7. The Bertz CT molecular complexity index is 1360. The second kappa shape index (κ2) is 11.4. The van der Waals surface area contributed by atoms with Crippen LogP contribution in [0.25, 0.3) is 0 Å². The Kier molecular flexibility index (Phi) is 8.00. The molecule has 2 aromatic rings. The van der Waals surface area contributed by atoms with Crippen molar-refractivity contribution >= 4 is 27.7 Å². The van der Waals surface area contributed by atoms with Gasteiger partial charge in [-0.1, -0.05) is 18.2 Å². The lowest BCUT2D eigenvalue weighted by Gasteiger charge is -2.37. The zero-order valence-corrected chi connectivity index (χ0v) is 23.8. The van der Waals surface area contributed by atoms with E-state index in [4.69, 9.17) is 18.9 Å². The van der Waals surface area contributed by atoms with Gasteiger partial charge in [0.2, 0.25) is 0 Å². The summed E-state index contributed by atoms with van der Waals surface area (Å²) >= 11 is 3.40. The summed E-state index contributed by atoms with van der Waals surface area (Å²) in [6, 6.07) is 11.1. The van der Waals surface area contributed by atoms with Gasteiger partial charge in [-0.15, -0.1) is 0 Å². The number of phenolic OH excluding ortho intramolecular Hbond substituents is 1. The minimum atomic E-state index is -0.699. The summed E-state index contributed by atoms with van der Waals surface area (Å²) in [5.74, 6) is -0.430. The molecule has 206 valence electrons. The van der Waals surface area contributed by atoms with E-state index in [0.29, 0.717) is 39.9 Å². The van der Waals surface area contributed by atoms with Crippen LogP contribution in [0.2, 0.25) is 0 Å². The number of allylic oxidation sites excluding steroid dienone is 3. The van der Waals surface area contributed by atoms with E-state index >= 15 is 0 Å². The summed E-state index contributed by atoms with van der Waals surface area (Å²) in [5.41, 5.74) is 3.87. The number of methoxy groups -OCH3 is 2. The number of carbonyl (C=O) groups is 2. The molecule has 0 saturated carbocycles. The first kappa shape index (κ1) is 27.3. The lowest BCUT2D eigenvalue weighted by Crippen LogP contribution is -2.36. The average Bonchev–Trinajstić information content (AvgIpc) is 3.46. The molecule has 5 rings (SSSR count). The van der Waals surface area contributed by atoms with Gasteiger partial charge in [0, 0.05) is 41.8 Å². The van der Waals surface area contributed by atoms with Gasteiger partial charge in [0.05, 0.1) is 30.4 Å². The highest BCUT2D eigenvalue weighted by atomic mass is 79.9. The first-order valence-corrected chi connectivity index (χ1v) is 13.8. The van der Waals surface area contributed by atoms with Crippen LogP contribution in [0.4, 0.5) is 0 Å². The van der Waals surface area contributed by atoms with Gasteiger partial charge in [-0.25, -0.2) is 4.79 Å². The van der Waals surface area contributed by atoms with Crippen molar-refractivity contribution in [3.63, 3.8) is 0 Å². The van der Waals surface area contributed by atoms with E-state index in [1.807, 2.05) is 31.2 Å². The van der Waals surface area contributed by atoms with Crippen molar-refractivity contribution in [3.05, 3.63) is 74.5 Å². The third-order valence-electron chi connectivity index (χ3n) is 7.65. The predicted octanol–water partition coefficient (Wildman–Crippen LogP) is 5.26. The van der Waals surface area contributed by atoms with Gasteiger partial charge < -0.3 is 29.4 Å². The number of esters is 1. The largest absolute Gasteiger partial charge is 0.503 e. The molecule has 0 radical (unpaired) electrons. The molecule has 1 fully saturated rings. The molecule has 2 heterocycles. The van der Waals surface area contributed by atoms with Crippen LogP contribution in [0, 0.1) is 0 Å². The molecule has 0 unspecified atom stereocenters. The summed E-state index contributed by atoms with van der Waals surface area (Å²) in [6.45, 7) is 2.64. The number of benzene rings is 2.